The molecule has 35 heavy (non-hydrogen) atoms. The van der Waals surface area contributed by atoms with Gasteiger partial charge >= 0.3 is 0 Å². The Labute approximate surface area is 218 Å². The number of nitrogens with zero attached hydrogens (tertiary/aromatic N) is 1. The molecule has 0 N–H and O–H groups in total. The van der Waals surface area contributed by atoms with E-state index in [9.17, 15) is 0 Å². The molecule has 0 aliphatic carbocycles. The number of unbranched alkanes of at least 4 members (excludes halogenated alkanes) is 10. The normalized spacial score (nSPS) is 17.6. The Balaban J connectivity index is 1.61. The van der Waals surface area contributed by atoms with Gasteiger partial charge in [-0.15, -0.1) is 0 Å². The monoisotopic (exact) mass is 497 g/mol. The van der Waals surface area contributed by atoms with Crippen molar-refractivity contribution in [1.82, 2.24) is 0 Å². The van der Waals surface area contributed by atoms with Crippen LogP contribution in [0.25, 0.3) is 10.8 Å². The third-order valence-electron chi connectivity index (χ3n) is 6.76. The number of hydrogen-bond acceptors (Lipinski definition) is 3. The molecule has 3 nitrogen and oxygen atoms in total. The van der Waals surface area contributed by atoms with E-state index < -0.39 is 5.60 Å². The number of benzene rings is 2. The number of rotatable bonds is 17. The van der Waals surface area contributed by atoms with Crippen molar-refractivity contribution in [2.24, 2.45) is 4.99 Å². The summed E-state index contributed by atoms with van der Waals surface area (Å²) in [5, 5.41) is 3.07. The molecular formula is C31H44ClNO2. The van der Waals surface area contributed by atoms with Gasteiger partial charge in [-0.3, -0.25) is 4.99 Å². The topological polar surface area (TPSA) is 30.8 Å². The summed E-state index contributed by atoms with van der Waals surface area (Å²) < 4.78 is 12.5. The van der Waals surface area contributed by atoms with Crippen LogP contribution in [0.2, 0.25) is 0 Å². The number of ether oxygens (including phenoxy) is 2. The Morgan fingerprint density at radius 1 is 0.771 bits per heavy atom. The molecule has 0 spiro atoms. The van der Waals surface area contributed by atoms with Gasteiger partial charge in [0, 0.05) is 17.9 Å². The minimum atomic E-state index is -0.695. The average molecular weight is 498 g/mol. The van der Waals surface area contributed by atoms with Crippen molar-refractivity contribution in [3.05, 3.63) is 53.1 Å². The summed E-state index contributed by atoms with van der Waals surface area (Å²) >= 11 is 6.43. The second-order valence-electron chi connectivity index (χ2n) is 9.81. The SMILES string of the molecule is CCCCCCCCOc1ccc2cc(C3(OCCCCCCCC)C=NCC(Cl)=C3)ccc2c1. The molecule has 4 heteroatoms. The lowest BCUT2D eigenvalue weighted by atomic mass is 9.90. The van der Waals surface area contributed by atoms with Crippen LogP contribution >= 0.6 is 11.6 Å². The van der Waals surface area contributed by atoms with Gasteiger partial charge in [0.25, 0.3) is 0 Å². The molecule has 2 aromatic rings. The molecule has 1 heterocycles. The maximum Gasteiger partial charge on any atom is 0.147 e. The van der Waals surface area contributed by atoms with Crippen molar-refractivity contribution >= 4 is 28.6 Å². The van der Waals surface area contributed by atoms with Gasteiger partial charge in [0.1, 0.15) is 11.4 Å². The largest absolute Gasteiger partial charge is 0.494 e. The predicted molar refractivity (Wildman–Crippen MR) is 151 cm³/mol. The Morgan fingerprint density at radius 3 is 2.11 bits per heavy atom. The minimum absolute atomic E-state index is 0.524. The van der Waals surface area contributed by atoms with Crippen LogP contribution in [0.1, 0.15) is 96.5 Å². The fraction of sp³-hybridized carbons (Fsp3) is 0.581. The van der Waals surface area contributed by atoms with E-state index in [0.717, 1.165) is 35.8 Å². The molecule has 192 valence electrons. The summed E-state index contributed by atoms with van der Waals surface area (Å²) in [6, 6.07) is 12.8. The van der Waals surface area contributed by atoms with Gasteiger partial charge in [-0.1, -0.05) is 108 Å². The molecule has 0 aromatic heterocycles. The third kappa shape index (κ3) is 8.95. The molecule has 0 saturated heterocycles. The van der Waals surface area contributed by atoms with Gasteiger partial charge in [-0.2, -0.15) is 0 Å². The highest BCUT2D eigenvalue weighted by atomic mass is 35.5. The van der Waals surface area contributed by atoms with Crippen LogP contribution in [0.4, 0.5) is 0 Å². The van der Waals surface area contributed by atoms with Crippen LogP contribution in [-0.4, -0.2) is 26.0 Å². The molecular weight excluding hydrogens is 454 g/mol. The number of fused-ring (bicyclic) bond motifs is 1. The maximum atomic E-state index is 6.47. The molecule has 0 bridgehead atoms. The summed E-state index contributed by atoms with van der Waals surface area (Å²) in [6.45, 7) is 6.51. The minimum Gasteiger partial charge on any atom is -0.494 e. The molecule has 1 aliphatic heterocycles. The number of aliphatic imine (C=N–C) groups is 1. The van der Waals surface area contributed by atoms with Gasteiger partial charge < -0.3 is 9.47 Å². The van der Waals surface area contributed by atoms with Crippen molar-refractivity contribution in [2.75, 3.05) is 19.8 Å². The summed E-state index contributed by atoms with van der Waals surface area (Å²) in [6.07, 6.45) is 19.0. The summed E-state index contributed by atoms with van der Waals surface area (Å²) in [7, 11) is 0. The van der Waals surface area contributed by atoms with E-state index in [4.69, 9.17) is 21.1 Å². The van der Waals surface area contributed by atoms with Crippen LogP contribution in [-0.2, 0) is 10.3 Å². The van der Waals surface area contributed by atoms with Crippen molar-refractivity contribution in [2.45, 2.75) is 96.5 Å². The van der Waals surface area contributed by atoms with E-state index in [0.29, 0.717) is 13.2 Å². The van der Waals surface area contributed by atoms with E-state index in [1.54, 1.807) is 0 Å². The van der Waals surface area contributed by atoms with Crippen LogP contribution in [0, 0.1) is 0 Å². The van der Waals surface area contributed by atoms with E-state index in [1.807, 2.05) is 12.3 Å². The van der Waals surface area contributed by atoms with Gasteiger partial charge in [0.2, 0.25) is 0 Å². The summed E-state index contributed by atoms with van der Waals surface area (Å²) in [4.78, 5) is 4.52. The van der Waals surface area contributed by atoms with E-state index in [-0.39, 0.29) is 0 Å². The fourth-order valence-electron chi connectivity index (χ4n) is 4.66. The zero-order valence-corrected chi connectivity index (χ0v) is 22.6. The van der Waals surface area contributed by atoms with Gasteiger partial charge in [-0.05, 0) is 53.5 Å². The molecule has 0 fully saturated rings. The molecule has 0 amide bonds. The predicted octanol–water partition coefficient (Wildman–Crippen LogP) is 9.36. The van der Waals surface area contributed by atoms with Crippen molar-refractivity contribution in [1.29, 1.82) is 0 Å². The first-order valence-corrected chi connectivity index (χ1v) is 14.2. The molecule has 1 aliphatic rings. The van der Waals surface area contributed by atoms with E-state index in [2.05, 4.69) is 55.2 Å². The van der Waals surface area contributed by atoms with E-state index >= 15 is 0 Å². The van der Waals surface area contributed by atoms with Crippen LogP contribution < -0.4 is 4.74 Å². The molecule has 2 aromatic carbocycles. The van der Waals surface area contributed by atoms with Crippen LogP contribution in [0.3, 0.4) is 0 Å². The zero-order valence-electron chi connectivity index (χ0n) is 21.9. The van der Waals surface area contributed by atoms with Crippen LogP contribution in [0.5, 0.6) is 5.75 Å². The Hall–Kier alpha value is -1.84. The molecule has 1 unspecified atom stereocenters. The standard InChI is InChI=1S/C31H44ClNO2/c1-3-5-7-9-11-13-19-34-30-18-16-26-21-28(17-15-27(26)22-30)31(23-29(32)24-33-25-31)35-20-14-12-10-8-6-4-2/h15-18,21-23,25H,3-14,19-20,24H2,1-2H3. The number of hydrogen-bond donors (Lipinski definition) is 0. The zero-order chi connectivity index (χ0) is 24.8. The molecule has 1 atom stereocenters. The lowest BCUT2D eigenvalue weighted by Gasteiger charge is -2.30. The number of halogens is 1. The smallest absolute Gasteiger partial charge is 0.147 e. The van der Waals surface area contributed by atoms with Crippen molar-refractivity contribution in [3.63, 3.8) is 0 Å². The molecule has 3 rings (SSSR count). The fourth-order valence-corrected chi connectivity index (χ4v) is 4.89. The Morgan fingerprint density at radius 2 is 1.40 bits per heavy atom. The van der Waals surface area contributed by atoms with Crippen molar-refractivity contribution < 1.29 is 9.47 Å². The first-order valence-electron chi connectivity index (χ1n) is 13.9. The third-order valence-corrected chi connectivity index (χ3v) is 6.99. The molecule has 0 radical (unpaired) electrons. The lowest BCUT2D eigenvalue weighted by Crippen LogP contribution is -2.32. The first-order chi connectivity index (χ1) is 17.2. The lowest BCUT2D eigenvalue weighted by molar-refractivity contribution is 0.0397. The molecule has 0 saturated carbocycles. The summed E-state index contributed by atoms with van der Waals surface area (Å²) in [5.41, 5.74) is 0.373. The highest BCUT2D eigenvalue weighted by Crippen LogP contribution is 2.34. The van der Waals surface area contributed by atoms with Crippen LogP contribution in [0.15, 0.2) is 52.5 Å². The average Bonchev–Trinajstić information content (AvgIpc) is 2.87. The quantitative estimate of drug-likeness (QED) is 0.204. The Kier molecular flexibility index (Phi) is 12.1. The Bertz CT molecular complexity index is 954. The summed E-state index contributed by atoms with van der Waals surface area (Å²) in [5.74, 6) is 0.940. The second kappa shape index (κ2) is 15.3. The van der Waals surface area contributed by atoms with E-state index in [1.165, 1.54) is 75.0 Å². The van der Waals surface area contributed by atoms with Gasteiger partial charge in [-0.25, -0.2) is 0 Å². The number of dihydropyridines is 1. The maximum absolute atomic E-state index is 6.47. The van der Waals surface area contributed by atoms with Gasteiger partial charge in [0.05, 0.1) is 13.2 Å². The highest BCUT2D eigenvalue weighted by molar-refractivity contribution is 6.30. The first kappa shape index (κ1) is 27.7. The second-order valence-corrected chi connectivity index (χ2v) is 10.3. The van der Waals surface area contributed by atoms with Crippen molar-refractivity contribution in [3.8, 4) is 5.75 Å². The van der Waals surface area contributed by atoms with Gasteiger partial charge in [0.15, 0.2) is 0 Å². The highest BCUT2D eigenvalue weighted by Gasteiger charge is 2.31.